The van der Waals surface area contributed by atoms with Crippen LogP contribution in [0.4, 0.5) is 5.95 Å². The second kappa shape index (κ2) is 7.96. The molecule has 0 fully saturated rings. The minimum absolute atomic E-state index is 0.247. The lowest BCUT2D eigenvalue weighted by atomic mass is 10.2. The molecule has 2 heterocycles. The van der Waals surface area contributed by atoms with Gasteiger partial charge >= 0.3 is 0 Å². The summed E-state index contributed by atoms with van der Waals surface area (Å²) in [5.41, 5.74) is 2.71. The molecule has 1 aliphatic heterocycles. The van der Waals surface area contributed by atoms with Crippen molar-refractivity contribution >= 4 is 29.2 Å². The van der Waals surface area contributed by atoms with E-state index in [0.29, 0.717) is 23.6 Å². The van der Waals surface area contributed by atoms with E-state index in [9.17, 15) is 0 Å². The number of anilines is 1. The van der Waals surface area contributed by atoms with Crippen LogP contribution in [0.2, 0.25) is 0 Å². The first-order chi connectivity index (χ1) is 12.5. The quantitative estimate of drug-likeness (QED) is 0.427. The van der Waals surface area contributed by atoms with Crippen LogP contribution in [0, 0.1) is 13.8 Å². The van der Waals surface area contributed by atoms with Crippen LogP contribution in [0.3, 0.4) is 0 Å². The summed E-state index contributed by atoms with van der Waals surface area (Å²) in [6.45, 7) is 4.49. The van der Waals surface area contributed by atoms with Gasteiger partial charge in [0.2, 0.25) is 18.7 Å². The van der Waals surface area contributed by atoms with E-state index in [1.165, 1.54) is 0 Å². The van der Waals surface area contributed by atoms with Gasteiger partial charge in [-0.15, -0.1) is 0 Å². The second-order valence-electron chi connectivity index (χ2n) is 5.66. The first-order valence-corrected chi connectivity index (χ1v) is 8.45. The van der Waals surface area contributed by atoms with Gasteiger partial charge in [-0.1, -0.05) is 6.07 Å². The summed E-state index contributed by atoms with van der Waals surface area (Å²) >= 11 is 5.17. The highest BCUT2D eigenvalue weighted by Crippen LogP contribution is 2.32. The SMILES string of the molecule is CNC(=S)NC(=NCc1ccc2c(c1)OCO2)Nc1nc(C)cc(C)n1. The smallest absolute Gasteiger partial charge is 0.231 e. The molecule has 136 valence electrons. The van der Waals surface area contributed by atoms with Crippen molar-refractivity contribution in [1.82, 2.24) is 20.6 Å². The number of nitrogens with one attached hydrogen (secondary N) is 3. The molecule has 3 rings (SSSR count). The monoisotopic (exact) mass is 372 g/mol. The number of ether oxygens (including phenoxy) is 2. The van der Waals surface area contributed by atoms with Crippen molar-refractivity contribution < 1.29 is 9.47 Å². The number of aryl methyl sites for hydroxylation is 2. The number of hydrogen-bond acceptors (Lipinski definition) is 6. The fourth-order valence-electron chi connectivity index (χ4n) is 2.38. The first kappa shape index (κ1) is 17.9. The maximum atomic E-state index is 5.40. The van der Waals surface area contributed by atoms with E-state index < -0.39 is 0 Å². The van der Waals surface area contributed by atoms with E-state index >= 15 is 0 Å². The largest absolute Gasteiger partial charge is 0.454 e. The molecule has 0 unspecified atom stereocenters. The Bertz CT molecular complexity index is 835. The van der Waals surface area contributed by atoms with Gasteiger partial charge in [0, 0.05) is 18.4 Å². The summed E-state index contributed by atoms with van der Waals surface area (Å²) in [5.74, 6) is 2.38. The Hall–Kier alpha value is -2.94. The van der Waals surface area contributed by atoms with Crippen LogP contribution in [0.25, 0.3) is 0 Å². The lowest BCUT2D eigenvalue weighted by Gasteiger charge is -2.12. The van der Waals surface area contributed by atoms with Gasteiger partial charge in [-0.05, 0) is 49.8 Å². The third kappa shape index (κ3) is 4.57. The molecule has 0 bridgehead atoms. The predicted molar refractivity (Wildman–Crippen MR) is 104 cm³/mol. The molecule has 0 saturated carbocycles. The highest BCUT2D eigenvalue weighted by Gasteiger charge is 2.13. The average Bonchev–Trinajstić information content (AvgIpc) is 3.06. The number of aliphatic imine (C=N–C) groups is 1. The lowest BCUT2D eigenvalue weighted by Crippen LogP contribution is -2.41. The molecule has 0 aliphatic carbocycles. The molecule has 1 aromatic heterocycles. The maximum absolute atomic E-state index is 5.40. The Labute approximate surface area is 157 Å². The molecule has 9 heteroatoms. The normalized spacial score (nSPS) is 12.7. The minimum Gasteiger partial charge on any atom is -0.454 e. The standard InChI is InChI=1S/C17H20N6O2S/c1-10-6-11(2)21-16(20-10)22-15(23-17(26)18-3)19-8-12-4-5-13-14(7-12)25-9-24-13/h4-7H,8-9H2,1-3H3,(H3,18,19,20,21,22,23,26). The van der Waals surface area contributed by atoms with Crippen LogP contribution in [0.5, 0.6) is 11.5 Å². The number of fused-ring (bicyclic) bond motifs is 1. The number of benzene rings is 1. The first-order valence-electron chi connectivity index (χ1n) is 8.04. The molecule has 8 nitrogen and oxygen atoms in total. The number of hydrogen-bond donors (Lipinski definition) is 3. The number of thiocarbonyl (C=S) groups is 1. The molecule has 2 aromatic rings. The molecule has 0 spiro atoms. The average molecular weight is 372 g/mol. The number of aromatic nitrogens is 2. The van der Waals surface area contributed by atoms with Crippen molar-refractivity contribution in [2.45, 2.75) is 20.4 Å². The Morgan fingerprint density at radius 1 is 1.15 bits per heavy atom. The van der Waals surface area contributed by atoms with Gasteiger partial charge in [0.25, 0.3) is 0 Å². The van der Waals surface area contributed by atoms with Crippen LogP contribution >= 0.6 is 12.2 Å². The molecular formula is C17H20N6O2S. The van der Waals surface area contributed by atoms with E-state index in [4.69, 9.17) is 21.7 Å². The van der Waals surface area contributed by atoms with E-state index in [-0.39, 0.29) is 6.79 Å². The highest BCUT2D eigenvalue weighted by molar-refractivity contribution is 7.80. The molecule has 0 saturated heterocycles. The van der Waals surface area contributed by atoms with Crippen LogP contribution in [0.1, 0.15) is 17.0 Å². The van der Waals surface area contributed by atoms with Crippen molar-refractivity contribution in [2.24, 2.45) is 4.99 Å². The topological polar surface area (TPSA) is 92.7 Å². The molecule has 0 amide bonds. The molecule has 1 aliphatic rings. The Balaban J connectivity index is 1.78. The van der Waals surface area contributed by atoms with Crippen LogP contribution in [0.15, 0.2) is 29.3 Å². The second-order valence-corrected chi connectivity index (χ2v) is 6.06. The lowest BCUT2D eigenvalue weighted by molar-refractivity contribution is 0.174. The van der Waals surface area contributed by atoms with E-state index in [0.717, 1.165) is 28.5 Å². The third-order valence-electron chi connectivity index (χ3n) is 3.53. The fraction of sp³-hybridized carbons (Fsp3) is 0.294. The van der Waals surface area contributed by atoms with Gasteiger partial charge in [0.05, 0.1) is 6.54 Å². The zero-order chi connectivity index (χ0) is 18.5. The molecule has 0 radical (unpaired) electrons. The Morgan fingerprint density at radius 3 is 2.62 bits per heavy atom. The van der Waals surface area contributed by atoms with Gasteiger partial charge < -0.3 is 20.1 Å². The van der Waals surface area contributed by atoms with Crippen molar-refractivity contribution in [3.05, 3.63) is 41.2 Å². The molecule has 26 heavy (non-hydrogen) atoms. The van der Waals surface area contributed by atoms with Gasteiger partial charge in [-0.3, -0.25) is 5.32 Å². The fourth-order valence-corrected chi connectivity index (χ4v) is 2.47. The summed E-state index contributed by atoms with van der Waals surface area (Å²) in [7, 11) is 1.73. The zero-order valence-electron chi connectivity index (χ0n) is 14.8. The van der Waals surface area contributed by atoms with Crippen LogP contribution in [-0.4, -0.2) is 34.9 Å². The maximum Gasteiger partial charge on any atom is 0.231 e. The third-order valence-corrected chi connectivity index (χ3v) is 3.83. The highest BCUT2D eigenvalue weighted by atomic mass is 32.1. The predicted octanol–water partition coefficient (Wildman–Crippen LogP) is 1.88. The Morgan fingerprint density at radius 2 is 1.88 bits per heavy atom. The van der Waals surface area contributed by atoms with Crippen LogP contribution in [-0.2, 0) is 6.54 Å². The minimum atomic E-state index is 0.247. The summed E-state index contributed by atoms with van der Waals surface area (Å²) in [4.78, 5) is 13.3. The number of nitrogens with zero attached hydrogens (tertiary/aromatic N) is 3. The van der Waals surface area contributed by atoms with E-state index in [1.54, 1.807) is 7.05 Å². The van der Waals surface area contributed by atoms with Gasteiger partial charge in [0.15, 0.2) is 16.6 Å². The van der Waals surface area contributed by atoms with Crippen molar-refractivity contribution in [3.8, 4) is 11.5 Å². The van der Waals surface area contributed by atoms with Crippen LogP contribution < -0.4 is 25.4 Å². The summed E-state index contributed by atoms with van der Waals surface area (Å²) in [6, 6.07) is 7.63. The van der Waals surface area contributed by atoms with Gasteiger partial charge in [-0.2, -0.15) is 0 Å². The van der Waals surface area contributed by atoms with Crippen molar-refractivity contribution in [1.29, 1.82) is 0 Å². The summed E-state index contributed by atoms with van der Waals surface area (Å²) in [6.07, 6.45) is 0. The summed E-state index contributed by atoms with van der Waals surface area (Å²) < 4.78 is 10.7. The van der Waals surface area contributed by atoms with Crippen molar-refractivity contribution in [2.75, 3.05) is 19.2 Å². The Kier molecular flexibility index (Phi) is 5.47. The van der Waals surface area contributed by atoms with Gasteiger partial charge in [0.1, 0.15) is 0 Å². The molecule has 1 aromatic carbocycles. The van der Waals surface area contributed by atoms with E-state index in [2.05, 4.69) is 30.9 Å². The van der Waals surface area contributed by atoms with Gasteiger partial charge in [-0.25, -0.2) is 15.0 Å². The summed E-state index contributed by atoms with van der Waals surface area (Å²) in [5, 5.41) is 9.38. The molecular weight excluding hydrogens is 352 g/mol. The molecule has 3 N–H and O–H groups in total. The number of rotatable bonds is 3. The zero-order valence-corrected chi connectivity index (χ0v) is 15.6. The van der Waals surface area contributed by atoms with Crippen molar-refractivity contribution in [3.63, 3.8) is 0 Å². The molecule has 0 atom stereocenters. The number of guanidine groups is 1. The van der Waals surface area contributed by atoms with E-state index in [1.807, 2.05) is 38.1 Å².